The van der Waals surface area contributed by atoms with Crippen molar-refractivity contribution in [3.8, 4) is 0 Å². The number of carbonyl (C=O) groups excluding carboxylic acids is 1. The van der Waals surface area contributed by atoms with Crippen LogP contribution in [0, 0.1) is 5.92 Å². The van der Waals surface area contributed by atoms with Gasteiger partial charge in [-0.25, -0.2) is 0 Å². The summed E-state index contributed by atoms with van der Waals surface area (Å²) >= 11 is 1.34. The Morgan fingerprint density at radius 2 is 2.42 bits per heavy atom. The van der Waals surface area contributed by atoms with Gasteiger partial charge < -0.3 is 10.2 Å². The maximum Gasteiger partial charge on any atom is 0.253 e. The normalized spacial score (nSPS) is 22.3. The van der Waals surface area contributed by atoms with Crippen molar-refractivity contribution in [1.82, 2.24) is 9.27 Å². The van der Waals surface area contributed by atoms with Crippen molar-refractivity contribution in [2.45, 2.75) is 19.8 Å². The third-order valence-corrected chi connectivity index (χ3v) is 4.44. The largest absolute Gasteiger partial charge is 0.373 e. The van der Waals surface area contributed by atoms with Crippen LogP contribution in [0.4, 0.5) is 5.69 Å². The second-order valence-corrected chi connectivity index (χ2v) is 5.89. The van der Waals surface area contributed by atoms with Crippen molar-refractivity contribution in [3.63, 3.8) is 0 Å². The van der Waals surface area contributed by atoms with Gasteiger partial charge in [0.1, 0.15) is 0 Å². The predicted octanol–water partition coefficient (Wildman–Crippen LogP) is 2.64. The summed E-state index contributed by atoms with van der Waals surface area (Å²) in [5, 5.41) is 4.74. The molecule has 1 amide bonds. The van der Waals surface area contributed by atoms with Crippen LogP contribution in [0.2, 0.25) is 0 Å². The first-order valence-corrected chi connectivity index (χ1v) is 7.34. The Kier molecular flexibility index (Phi) is 3.14. The van der Waals surface area contributed by atoms with E-state index in [0.29, 0.717) is 12.5 Å². The molecule has 1 aromatic rings. The Hall–Kier alpha value is -1.62. The summed E-state index contributed by atoms with van der Waals surface area (Å²) in [7, 11) is 2.07. The van der Waals surface area contributed by atoms with Gasteiger partial charge in [0.05, 0.1) is 11.9 Å². The number of likely N-dealkylation sites (N-methyl/N-ethyl adjacent to an activating group) is 1. The van der Waals surface area contributed by atoms with Gasteiger partial charge in [-0.15, -0.1) is 0 Å². The van der Waals surface area contributed by atoms with Crippen LogP contribution in [0.25, 0.3) is 0 Å². The van der Waals surface area contributed by atoms with Crippen molar-refractivity contribution in [1.29, 1.82) is 0 Å². The van der Waals surface area contributed by atoms with Crippen LogP contribution in [0.5, 0.6) is 0 Å². The number of amides is 1. The van der Waals surface area contributed by atoms with Gasteiger partial charge in [-0.1, -0.05) is 6.92 Å². The molecule has 1 N–H and O–H groups in total. The van der Waals surface area contributed by atoms with Gasteiger partial charge in [0.15, 0.2) is 0 Å². The van der Waals surface area contributed by atoms with E-state index < -0.39 is 0 Å². The molecular formula is C14H17N3OS. The van der Waals surface area contributed by atoms with Gasteiger partial charge in [0, 0.05) is 30.2 Å². The van der Waals surface area contributed by atoms with Crippen LogP contribution < -0.4 is 5.32 Å². The number of anilines is 1. The minimum atomic E-state index is -0.0160. The third kappa shape index (κ3) is 2.30. The number of nitrogens with zero attached hydrogens (tertiary/aromatic N) is 2. The highest BCUT2D eigenvalue weighted by atomic mass is 32.1. The summed E-state index contributed by atoms with van der Waals surface area (Å²) in [6.07, 6.45) is 6.09. The average Bonchev–Trinajstić information content (AvgIpc) is 3.00. The maximum atomic E-state index is 12.3. The highest BCUT2D eigenvalue weighted by molar-refractivity contribution is 7.04. The Labute approximate surface area is 117 Å². The molecule has 0 saturated heterocycles. The first-order chi connectivity index (χ1) is 9.15. The van der Waals surface area contributed by atoms with Gasteiger partial charge in [-0.2, -0.15) is 4.37 Å². The molecule has 0 aromatic carbocycles. The van der Waals surface area contributed by atoms with E-state index in [1.54, 1.807) is 6.20 Å². The molecule has 5 heteroatoms. The number of allylic oxidation sites excluding steroid dienone is 3. The lowest BCUT2D eigenvalue weighted by Crippen LogP contribution is -2.29. The van der Waals surface area contributed by atoms with Crippen molar-refractivity contribution in [3.05, 3.63) is 34.5 Å². The lowest BCUT2D eigenvalue weighted by molar-refractivity contribution is -0.113. The van der Waals surface area contributed by atoms with E-state index in [2.05, 4.69) is 34.6 Å². The van der Waals surface area contributed by atoms with Crippen LogP contribution >= 0.6 is 11.5 Å². The van der Waals surface area contributed by atoms with Crippen LogP contribution in [-0.4, -0.2) is 28.8 Å². The average molecular weight is 275 g/mol. The smallest absolute Gasteiger partial charge is 0.253 e. The molecule has 100 valence electrons. The molecule has 2 aliphatic rings. The van der Waals surface area contributed by atoms with Gasteiger partial charge in [0.25, 0.3) is 5.91 Å². The minimum absolute atomic E-state index is 0.0160. The Morgan fingerprint density at radius 3 is 3.16 bits per heavy atom. The second kappa shape index (κ2) is 4.81. The summed E-state index contributed by atoms with van der Waals surface area (Å²) in [6.45, 7) is 2.92. The molecule has 19 heavy (non-hydrogen) atoms. The molecule has 0 radical (unpaired) electrons. The molecule has 1 atom stereocenters. The molecule has 1 aromatic heterocycles. The molecular weight excluding hydrogens is 258 g/mol. The fourth-order valence-electron chi connectivity index (χ4n) is 2.77. The van der Waals surface area contributed by atoms with Crippen LogP contribution in [-0.2, 0) is 4.79 Å². The summed E-state index contributed by atoms with van der Waals surface area (Å²) < 4.78 is 3.99. The SMILES string of the molecule is C[C@H]1CCC2=C1C=C(C(=O)Nc1cnsc1)CN2C. The fraction of sp³-hybridized carbons (Fsp3) is 0.429. The fourth-order valence-corrected chi connectivity index (χ4v) is 3.24. The van der Waals surface area contributed by atoms with Crippen LogP contribution in [0.1, 0.15) is 19.8 Å². The second-order valence-electron chi connectivity index (χ2n) is 5.23. The third-order valence-electron chi connectivity index (χ3n) is 3.86. The molecule has 1 aliphatic carbocycles. The van der Waals surface area contributed by atoms with Crippen LogP contribution in [0.3, 0.4) is 0 Å². The van der Waals surface area contributed by atoms with E-state index in [-0.39, 0.29) is 5.91 Å². The van der Waals surface area contributed by atoms with Gasteiger partial charge >= 0.3 is 0 Å². The quantitative estimate of drug-likeness (QED) is 0.902. The Bertz CT molecular complexity index is 559. The zero-order chi connectivity index (χ0) is 13.4. The highest BCUT2D eigenvalue weighted by Crippen LogP contribution is 2.37. The summed E-state index contributed by atoms with van der Waals surface area (Å²) in [5.74, 6) is 0.543. The number of hydrogen-bond donors (Lipinski definition) is 1. The van der Waals surface area contributed by atoms with E-state index in [1.165, 1.54) is 29.2 Å². The lowest BCUT2D eigenvalue weighted by atomic mass is 9.98. The van der Waals surface area contributed by atoms with E-state index >= 15 is 0 Å². The molecule has 0 bridgehead atoms. The van der Waals surface area contributed by atoms with E-state index in [0.717, 1.165) is 17.7 Å². The van der Waals surface area contributed by atoms with Crippen molar-refractivity contribution in [2.75, 3.05) is 18.9 Å². The van der Waals surface area contributed by atoms with Gasteiger partial charge in [-0.3, -0.25) is 4.79 Å². The zero-order valence-corrected chi connectivity index (χ0v) is 12.0. The number of rotatable bonds is 2. The van der Waals surface area contributed by atoms with Crippen molar-refractivity contribution < 1.29 is 4.79 Å². The molecule has 0 saturated carbocycles. The standard InChI is InChI=1S/C14H17N3OS/c1-9-3-4-13-12(9)5-10(7-17(13)2)14(18)16-11-6-15-19-8-11/h5-6,8-9H,3-4,7H2,1-2H3,(H,16,18)/t9-/m0/s1. The summed E-state index contributed by atoms with van der Waals surface area (Å²) in [6, 6.07) is 0. The molecule has 2 heterocycles. The molecule has 3 rings (SSSR count). The topological polar surface area (TPSA) is 45.2 Å². The molecule has 0 unspecified atom stereocenters. The van der Waals surface area contributed by atoms with Crippen LogP contribution in [0.15, 0.2) is 34.5 Å². The Balaban J connectivity index is 1.82. The van der Waals surface area contributed by atoms with Crippen molar-refractivity contribution >= 4 is 23.1 Å². The van der Waals surface area contributed by atoms with Gasteiger partial charge in [-0.05, 0) is 41.9 Å². The number of carbonyl (C=O) groups is 1. The van der Waals surface area contributed by atoms with Crippen molar-refractivity contribution in [2.24, 2.45) is 5.92 Å². The van der Waals surface area contributed by atoms with Gasteiger partial charge in [0.2, 0.25) is 0 Å². The zero-order valence-electron chi connectivity index (χ0n) is 11.1. The number of aromatic nitrogens is 1. The summed E-state index contributed by atoms with van der Waals surface area (Å²) in [4.78, 5) is 14.5. The minimum Gasteiger partial charge on any atom is -0.373 e. The van der Waals surface area contributed by atoms with E-state index in [1.807, 2.05) is 5.38 Å². The number of hydrogen-bond acceptors (Lipinski definition) is 4. The van der Waals surface area contributed by atoms with E-state index in [9.17, 15) is 4.79 Å². The molecule has 0 spiro atoms. The highest BCUT2D eigenvalue weighted by Gasteiger charge is 2.28. The lowest BCUT2D eigenvalue weighted by Gasteiger charge is -2.27. The predicted molar refractivity (Wildman–Crippen MR) is 76.9 cm³/mol. The number of nitrogens with one attached hydrogen (secondary N) is 1. The van der Waals surface area contributed by atoms with E-state index in [4.69, 9.17) is 0 Å². The first-order valence-electron chi connectivity index (χ1n) is 6.50. The molecule has 1 aliphatic heterocycles. The molecule has 4 nitrogen and oxygen atoms in total. The Morgan fingerprint density at radius 1 is 1.58 bits per heavy atom. The monoisotopic (exact) mass is 275 g/mol. The summed E-state index contributed by atoms with van der Waals surface area (Å²) in [5.41, 5.74) is 4.35. The first kappa shape index (κ1) is 12.4. The molecule has 0 fully saturated rings. The maximum absolute atomic E-state index is 12.3.